The molecule has 0 aliphatic heterocycles. The molecule has 0 bridgehead atoms. The van der Waals surface area contributed by atoms with Crippen molar-refractivity contribution in [1.29, 1.82) is 0 Å². The van der Waals surface area contributed by atoms with Gasteiger partial charge in [0.25, 0.3) is 0 Å². The van der Waals surface area contributed by atoms with Crippen LogP contribution >= 0.6 is 0 Å². The van der Waals surface area contributed by atoms with Gasteiger partial charge in [0.2, 0.25) is 0 Å². The van der Waals surface area contributed by atoms with Gasteiger partial charge in [-0.2, -0.15) is 0 Å². The number of allylic oxidation sites excluding steroid dienone is 2. The molecule has 0 aliphatic carbocycles. The molecule has 0 heteroatoms. The number of hydrogen-bond donors (Lipinski definition) is 0. The van der Waals surface area contributed by atoms with E-state index >= 15 is 0 Å². The van der Waals surface area contributed by atoms with E-state index in [0.717, 1.165) is 0 Å². The first kappa shape index (κ1) is 5.74. The van der Waals surface area contributed by atoms with Crippen molar-refractivity contribution in [3.8, 4) is 0 Å². The molecule has 0 amide bonds. The van der Waals surface area contributed by atoms with Crippen LogP contribution in [0.15, 0.2) is 12.2 Å². The summed E-state index contributed by atoms with van der Waals surface area (Å²) in [5, 5.41) is 0. The molecule has 0 aliphatic rings. The van der Waals surface area contributed by atoms with Gasteiger partial charge < -0.3 is 0 Å². The zero-order valence-electron chi connectivity index (χ0n) is 4.15. The van der Waals surface area contributed by atoms with Crippen LogP contribution in [0.1, 0.15) is 6.92 Å². The summed E-state index contributed by atoms with van der Waals surface area (Å²) in [5.74, 6) is 0.405. The first-order valence-electron chi connectivity index (χ1n) is 2.06. The highest BCUT2D eigenvalue weighted by Crippen LogP contribution is 1.89. The van der Waals surface area contributed by atoms with Crippen molar-refractivity contribution in [3.63, 3.8) is 0 Å². The summed E-state index contributed by atoms with van der Waals surface area (Å²) in [5.41, 5.74) is 0. The van der Waals surface area contributed by atoms with Crippen LogP contribution in [0.5, 0.6) is 0 Å². The molecule has 0 N–H and O–H groups in total. The predicted molar refractivity (Wildman–Crippen MR) is 29.0 cm³/mol. The van der Waals surface area contributed by atoms with Crippen LogP contribution in [0.3, 0.4) is 0 Å². The minimum absolute atomic E-state index is 0.405. The zero-order chi connectivity index (χ0) is 4.99. The molecule has 0 spiro atoms. The second-order valence-electron chi connectivity index (χ2n) is 1.41. The van der Waals surface area contributed by atoms with Gasteiger partial charge in [-0.1, -0.05) is 19.1 Å². The van der Waals surface area contributed by atoms with Gasteiger partial charge in [0.15, 0.2) is 0 Å². The van der Waals surface area contributed by atoms with Crippen molar-refractivity contribution in [3.05, 3.63) is 26.0 Å². The Bertz CT molecular complexity index is 42.0. The molecule has 0 aromatic heterocycles. The van der Waals surface area contributed by atoms with E-state index in [1.807, 2.05) is 13.0 Å². The van der Waals surface area contributed by atoms with Gasteiger partial charge in [-0.3, -0.25) is 0 Å². The van der Waals surface area contributed by atoms with Gasteiger partial charge in [0.1, 0.15) is 0 Å². The van der Waals surface area contributed by atoms with E-state index in [4.69, 9.17) is 0 Å². The largest absolute Gasteiger partial charge is 0.0880 e. The normalized spacial score (nSPS) is 11.3. The summed E-state index contributed by atoms with van der Waals surface area (Å²) in [6.07, 6.45) is 3.71. The van der Waals surface area contributed by atoms with E-state index < -0.39 is 0 Å². The fourth-order valence-electron chi connectivity index (χ4n) is 0.232. The average molecular weight is 82.1 g/mol. The second-order valence-corrected chi connectivity index (χ2v) is 1.41. The topological polar surface area (TPSA) is 0 Å². The van der Waals surface area contributed by atoms with Gasteiger partial charge in [0, 0.05) is 0 Å². The lowest BCUT2D eigenvalue weighted by Crippen LogP contribution is -1.74. The summed E-state index contributed by atoms with van der Waals surface area (Å²) in [6.45, 7) is 9.22. The summed E-state index contributed by atoms with van der Waals surface area (Å²) >= 11 is 0. The third kappa shape index (κ3) is 3.74. The Balaban J connectivity index is 3.03. The van der Waals surface area contributed by atoms with Crippen molar-refractivity contribution >= 4 is 0 Å². The maximum Gasteiger partial charge on any atom is -0.0262 e. The highest BCUT2D eigenvalue weighted by molar-refractivity contribution is 4.88. The minimum atomic E-state index is 0.405. The Labute approximate surface area is 39.9 Å². The van der Waals surface area contributed by atoms with E-state index in [9.17, 15) is 0 Å². The summed E-state index contributed by atoms with van der Waals surface area (Å²) < 4.78 is 0. The van der Waals surface area contributed by atoms with Gasteiger partial charge >= 0.3 is 0 Å². The van der Waals surface area contributed by atoms with Gasteiger partial charge in [-0.15, -0.1) is 0 Å². The Morgan fingerprint density at radius 3 is 2.17 bits per heavy atom. The van der Waals surface area contributed by atoms with Crippen molar-refractivity contribution in [2.45, 2.75) is 6.92 Å². The zero-order valence-corrected chi connectivity index (χ0v) is 4.15. The molecule has 0 fully saturated rings. The highest BCUT2D eigenvalue weighted by Gasteiger charge is 1.76. The standard InChI is InChI=1S/C6H10/c1-4-5-6(2)3/h4-6H,1-2H2,3H3/b5-4+. The van der Waals surface area contributed by atoms with Crippen LogP contribution in [0.4, 0.5) is 0 Å². The maximum absolute atomic E-state index is 3.70. The van der Waals surface area contributed by atoms with Gasteiger partial charge in [0.05, 0.1) is 0 Å². The van der Waals surface area contributed by atoms with E-state index in [1.54, 1.807) is 6.08 Å². The minimum Gasteiger partial charge on any atom is -0.0880 e. The molecule has 6 heavy (non-hydrogen) atoms. The SMILES string of the molecule is [CH2]/C=C/C([CH2])C. The molecule has 0 aromatic rings. The number of rotatable bonds is 1. The van der Waals surface area contributed by atoms with Crippen molar-refractivity contribution in [2.75, 3.05) is 0 Å². The second kappa shape index (κ2) is 2.95. The van der Waals surface area contributed by atoms with Crippen LogP contribution in [-0.4, -0.2) is 0 Å². The first-order valence-corrected chi connectivity index (χ1v) is 2.06. The molecule has 0 saturated carbocycles. The summed E-state index contributed by atoms with van der Waals surface area (Å²) in [6, 6.07) is 0. The third-order valence-corrected chi connectivity index (χ3v) is 0.465. The smallest absolute Gasteiger partial charge is 0.0262 e. The molecule has 34 valence electrons. The first-order chi connectivity index (χ1) is 2.77. The van der Waals surface area contributed by atoms with Gasteiger partial charge in [-0.25, -0.2) is 0 Å². The lowest BCUT2D eigenvalue weighted by Gasteiger charge is -1.86. The Kier molecular flexibility index (Phi) is 2.82. The number of hydrogen-bond acceptors (Lipinski definition) is 0. The van der Waals surface area contributed by atoms with Crippen LogP contribution in [-0.2, 0) is 0 Å². The van der Waals surface area contributed by atoms with Crippen molar-refractivity contribution < 1.29 is 0 Å². The molecule has 2 radical (unpaired) electrons. The Hall–Kier alpha value is -0.260. The lowest BCUT2D eigenvalue weighted by molar-refractivity contribution is 0.936. The van der Waals surface area contributed by atoms with Crippen LogP contribution in [0, 0.1) is 19.8 Å². The molecule has 1 unspecified atom stereocenters. The molecule has 1 atom stereocenters. The molecule has 0 nitrogen and oxygen atoms in total. The van der Waals surface area contributed by atoms with Gasteiger partial charge in [-0.05, 0) is 19.8 Å². The van der Waals surface area contributed by atoms with Crippen molar-refractivity contribution in [1.82, 2.24) is 0 Å². The van der Waals surface area contributed by atoms with Crippen LogP contribution in [0.2, 0.25) is 0 Å². The molecular weight excluding hydrogens is 72.1 g/mol. The lowest BCUT2D eigenvalue weighted by atomic mass is 10.2. The summed E-state index contributed by atoms with van der Waals surface area (Å²) in [4.78, 5) is 0. The molecule has 0 rings (SSSR count). The molecule has 0 heterocycles. The maximum atomic E-state index is 3.70. The fraction of sp³-hybridized carbons (Fsp3) is 0.333. The monoisotopic (exact) mass is 82.1 g/mol. The van der Waals surface area contributed by atoms with E-state index in [0.29, 0.717) is 5.92 Å². The Morgan fingerprint density at radius 1 is 1.67 bits per heavy atom. The predicted octanol–water partition coefficient (Wildman–Crippen LogP) is 1.85. The molecule has 0 saturated heterocycles. The van der Waals surface area contributed by atoms with Crippen LogP contribution < -0.4 is 0 Å². The quantitative estimate of drug-likeness (QED) is 0.453. The highest BCUT2D eigenvalue weighted by atomic mass is 13.8. The molecule has 0 aromatic carbocycles. The van der Waals surface area contributed by atoms with Crippen molar-refractivity contribution in [2.24, 2.45) is 5.92 Å². The third-order valence-electron chi connectivity index (χ3n) is 0.465. The molecular formula is C6H10. The fourth-order valence-corrected chi connectivity index (χ4v) is 0.232. The Morgan fingerprint density at radius 2 is 2.17 bits per heavy atom. The van der Waals surface area contributed by atoms with Crippen LogP contribution in [0.25, 0.3) is 0 Å². The average Bonchev–Trinajstić information content (AvgIpc) is 1.35. The summed E-state index contributed by atoms with van der Waals surface area (Å²) in [7, 11) is 0. The van der Waals surface area contributed by atoms with E-state index in [-0.39, 0.29) is 0 Å². The van der Waals surface area contributed by atoms with E-state index in [1.165, 1.54) is 0 Å². The van der Waals surface area contributed by atoms with E-state index in [2.05, 4.69) is 13.8 Å².